The van der Waals surface area contributed by atoms with Gasteiger partial charge in [-0.05, 0) is 38.0 Å². The van der Waals surface area contributed by atoms with Crippen LogP contribution in [0.3, 0.4) is 0 Å². The van der Waals surface area contributed by atoms with E-state index in [1.54, 1.807) is 0 Å². The fourth-order valence-corrected chi connectivity index (χ4v) is 2.57. The monoisotopic (exact) mass is 248 g/mol. The summed E-state index contributed by atoms with van der Waals surface area (Å²) in [5.41, 5.74) is 3.82. The van der Waals surface area contributed by atoms with Crippen molar-refractivity contribution in [3.8, 4) is 0 Å². The molecule has 0 unspecified atom stereocenters. The van der Waals surface area contributed by atoms with Crippen molar-refractivity contribution in [2.75, 3.05) is 37.5 Å². The highest BCUT2D eigenvalue weighted by atomic mass is 16.5. The van der Waals surface area contributed by atoms with Crippen molar-refractivity contribution in [1.29, 1.82) is 0 Å². The summed E-state index contributed by atoms with van der Waals surface area (Å²) in [4.78, 5) is 2.16. The first-order valence-corrected chi connectivity index (χ1v) is 6.71. The average Bonchev–Trinajstić information content (AvgIpc) is 2.85. The zero-order chi connectivity index (χ0) is 13.1. The molecule has 1 aliphatic heterocycles. The standard InChI is InChI=1S/C15H24N2O/c1-11-14(6-5-7-15(11)17(3)4)16-12(2)13-8-9-18-10-13/h5-7,12-13,16H,8-10H2,1-4H3/t12-,13+/m1/s1. The van der Waals surface area contributed by atoms with Crippen molar-refractivity contribution in [1.82, 2.24) is 0 Å². The van der Waals surface area contributed by atoms with Crippen molar-refractivity contribution >= 4 is 11.4 Å². The maximum Gasteiger partial charge on any atom is 0.0514 e. The molecule has 1 heterocycles. The third kappa shape index (κ3) is 2.78. The second kappa shape index (κ2) is 5.61. The first-order chi connectivity index (χ1) is 8.59. The molecule has 0 bridgehead atoms. The molecular formula is C15H24N2O. The number of anilines is 2. The van der Waals surface area contributed by atoms with Crippen LogP contribution in [0.5, 0.6) is 0 Å². The molecule has 1 fully saturated rings. The van der Waals surface area contributed by atoms with Gasteiger partial charge in [0.1, 0.15) is 0 Å². The Morgan fingerprint density at radius 2 is 2.17 bits per heavy atom. The van der Waals surface area contributed by atoms with E-state index in [0.717, 1.165) is 13.2 Å². The summed E-state index contributed by atoms with van der Waals surface area (Å²) in [6.07, 6.45) is 1.17. The van der Waals surface area contributed by atoms with E-state index in [9.17, 15) is 0 Å². The Balaban J connectivity index is 2.11. The van der Waals surface area contributed by atoms with Gasteiger partial charge in [-0.25, -0.2) is 0 Å². The van der Waals surface area contributed by atoms with E-state index in [2.05, 4.69) is 56.4 Å². The molecule has 3 nitrogen and oxygen atoms in total. The van der Waals surface area contributed by atoms with Gasteiger partial charge in [0.15, 0.2) is 0 Å². The highest BCUT2D eigenvalue weighted by Crippen LogP contribution is 2.27. The van der Waals surface area contributed by atoms with Gasteiger partial charge in [0.05, 0.1) is 6.61 Å². The Morgan fingerprint density at radius 1 is 1.39 bits per heavy atom. The van der Waals surface area contributed by atoms with Gasteiger partial charge in [0, 0.05) is 44.0 Å². The predicted octanol–water partition coefficient (Wildman–Crippen LogP) is 2.90. The lowest BCUT2D eigenvalue weighted by molar-refractivity contribution is 0.183. The van der Waals surface area contributed by atoms with Crippen molar-refractivity contribution in [2.24, 2.45) is 5.92 Å². The van der Waals surface area contributed by atoms with Crippen LogP contribution < -0.4 is 10.2 Å². The first-order valence-electron chi connectivity index (χ1n) is 6.71. The number of ether oxygens (including phenoxy) is 1. The first kappa shape index (κ1) is 13.2. The lowest BCUT2D eigenvalue weighted by Crippen LogP contribution is -2.26. The van der Waals surface area contributed by atoms with Gasteiger partial charge in [-0.2, -0.15) is 0 Å². The van der Waals surface area contributed by atoms with E-state index in [-0.39, 0.29) is 0 Å². The molecule has 18 heavy (non-hydrogen) atoms. The van der Waals surface area contributed by atoms with Gasteiger partial charge in [-0.1, -0.05) is 6.07 Å². The van der Waals surface area contributed by atoms with E-state index in [1.807, 2.05) is 0 Å². The van der Waals surface area contributed by atoms with Crippen LogP contribution in [0.25, 0.3) is 0 Å². The van der Waals surface area contributed by atoms with Crippen LogP contribution in [0, 0.1) is 12.8 Å². The molecule has 0 radical (unpaired) electrons. The summed E-state index contributed by atoms with van der Waals surface area (Å²) in [6.45, 7) is 6.23. The third-order valence-corrected chi connectivity index (χ3v) is 3.84. The van der Waals surface area contributed by atoms with Gasteiger partial charge >= 0.3 is 0 Å². The zero-order valence-corrected chi connectivity index (χ0v) is 11.9. The number of nitrogens with zero attached hydrogens (tertiary/aromatic N) is 1. The third-order valence-electron chi connectivity index (χ3n) is 3.84. The van der Waals surface area contributed by atoms with Gasteiger partial charge in [-0.15, -0.1) is 0 Å². The van der Waals surface area contributed by atoms with Crippen molar-refractivity contribution in [2.45, 2.75) is 26.3 Å². The van der Waals surface area contributed by atoms with Gasteiger partial charge < -0.3 is 15.0 Å². The number of benzene rings is 1. The highest BCUT2D eigenvalue weighted by Gasteiger charge is 2.22. The molecule has 0 aromatic heterocycles. The molecule has 1 saturated heterocycles. The van der Waals surface area contributed by atoms with Crippen LogP contribution in [0.2, 0.25) is 0 Å². The molecule has 1 N–H and O–H groups in total. The summed E-state index contributed by atoms with van der Waals surface area (Å²) in [5, 5.41) is 3.64. The van der Waals surface area contributed by atoms with Crippen LogP contribution in [-0.2, 0) is 4.74 Å². The molecule has 0 amide bonds. The number of nitrogens with one attached hydrogen (secondary N) is 1. The molecule has 1 aromatic carbocycles. The Morgan fingerprint density at radius 3 is 2.78 bits per heavy atom. The lowest BCUT2D eigenvalue weighted by Gasteiger charge is -2.24. The quantitative estimate of drug-likeness (QED) is 0.886. The molecule has 1 aliphatic rings. The molecule has 0 spiro atoms. The van der Waals surface area contributed by atoms with Crippen LogP contribution in [0.4, 0.5) is 11.4 Å². The topological polar surface area (TPSA) is 24.5 Å². The second-order valence-corrected chi connectivity index (χ2v) is 5.40. The maximum atomic E-state index is 5.46. The summed E-state index contributed by atoms with van der Waals surface area (Å²) < 4.78 is 5.46. The van der Waals surface area contributed by atoms with Crippen LogP contribution in [-0.4, -0.2) is 33.4 Å². The number of hydrogen-bond acceptors (Lipinski definition) is 3. The van der Waals surface area contributed by atoms with Crippen LogP contribution in [0.1, 0.15) is 18.9 Å². The SMILES string of the molecule is Cc1c(N[C@H](C)[C@H]2CCOC2)cccc1N(C)C. The van der Waals surface area contributed by atoms with Crippen LogP contribution >= 0.6 is 0 Å². The minimum Gasteiger partial charge on any atom is -0.382 e. The molecule has 1 aromatic rings. The second-order valence-electron chi connectivity index (χ2n) is 5.40. The Bertz CT molecular complexity index is 397. The van der Waals surface area contributed by atoms with E-state index >= 15 is 0 Å². The Hall–Kier alpha value is -1.22. The summed E-state index contributed by atoms with van der Waals surface area (Å²) in [5.74, 6) is 0.632. The van der Waals surface area contributed by atoms with Crippen molar-refractivity contribution in [3.63, 3.8) is 0 Å². The van der Waals surface area contributed by atoms with Gasteiger partial charge in [-0.3, -0.25) is 0 Å². The highest BCUT2D eigenvalue weighted by molar-refractivity contribution is 5.65. The summed E-state index contributed by atoms with van der Waals surface area (Å²) in [6, 6.07) is 6.89. The van der Waals surface area contributed by atoms with E-state index in [0.29, 0.717) is 12.0 Å². The zero-order valence-electron chi connectivity index (χ0n) is 11.9. The number of rotatable bonds is 4. The molecule has 0 aliphatic carbocycles. The fourth-order valence-electron chi connectivity index (χ4n) is 2.57. The fraction of sp³-hybridized carbons (Fsp3) is 0.600. The minimum atomic E-state index is 0.462. The predicted molar refractivity (Wildman–Crippen MR) is 77.5 cm³/mol. The van der Waals surface area contributed by atoms with Gasteiger partial charge in [0.2, 0.25) is 0 Å². The average molecular weight is 248 g/mol. The summed E-state index contributed by atoms with van der Waals surface area (Å²) >= 11 is 0. The summed E-state index contributed by atoms with van der Waals surface area (Å²) in [7, 11) is 4.17. The number of hydrogen-bond donors (Lipinski definition) is 1. The Kier molecular flexibility index (Phi) is 4.12. The largest absolute Gasteiger partial charge is 0.382 e. The van der Waals surface area contributed by atoms with Crippen molar-refractivity contribution < 1.29 is 4.74 Å². The molecule has 2 atom stereocenters. The molecule has 0 saturated carbocycles. The smallest absolute Gasteiger partial charge is 0.0514 e. The minimum absolute atomic E-state index is 0.462. The molecule has 2 rings (SSSR count). The van der Waals surface area contributed by atoms with E-state index in [4.69, 9.17) is 4.74 Å². The maximum absolute atomic E-state index is 5.46. The Labute approximate surface area is 110 Å². The lowest BCUT2D eigenvalue weighted by atomic mass is 10.00. The van der Waals surface area contributed by atoms with E-state index in [1.165, 1.54) is 23.4 Å². The van der Waals surface area contributed by atoms with Crippen molar-refractivity contribution in [3.05, 3.63) is 23.8 Å². The van der Waals surface area contributed by atoms with Gasteiger partial charge in [0.25, 0.3) is 0 Å². The van der Waals surface area contributed by atoms with E-state index < -0.39 is 0 Å². The molecule has 100 valence electrons. The molecule has 3 heteroatoms. The normalized spacial score (nSPS) is 20.8. The molecular weight excluding hydrogens is 224 g/mol. The van der Waals surface area contributed by atoms with Crippen LogP contribution in [0.15, 0.2) is 18.2 Å².